The van der Waals surface area contributed by atoms with E-state index >= 15 is 0 Å². The summed E-state index contributed by atoms with van der Waals surface area (Å²) in [5, 5.41) is 30.8. The number of fused-ring (bicyclic) bond motifs is 2. The molecule has 0 aliphatic carbocycles. The molecule has 3 N–H and O–H groups in total. The third kappa shape index (κ3) is 13.5. The number of nitrogens with zero attached hydrogens (tertiary/aromatic N) is 13. The van der Waals surface area contributed by atoms with Crippen LogP contribution in [0.4, 0.5) is 20.4 Å². The van der Waals surface area contributed by atoms with Crippen molar-refractivity contribution in [1.82, 2.24) is 59.3 Å². The van der Waals surface area contributed by atoms with Crippen LogP contribution in [-0.4, -0.2) is 149 Å². The number of anilines is 2. The van der Waals surface area contributed by atoms with E-state index in [4.69, 9.17) is 0 Å². The molecule has 2 aliphatic heterocycles. The molecule has 10 rings (SSSR count). The largest absolute Gasteiger partial charge is 0.388 e. The highest BCUT2D eigenvalue weighted by molar-refractivity contribution is 9.10. The molecule has 0 spiro atoms. The molecule has 4 atom stereocenters. The highest BCUT2D eigenvalue weighted by Crippen LogP contribution is 2.31. The van der Waals surface area contributed by atoms with E-state index in [1.807, 2.05) is 0 Å². The number of benzene rings is 2. The van der Waals surface area contributed by atoms with Crippen molar-refractivity contribution in [3.63, 3.8) is 0 Å². The summed E-state index contributed by atoms with van der Waals surface area (Å²) in [6, 6.07) is 18.6. The zero-order chi connectivity index (χ0) is 56.2. The van der Waals surface area contributed by atoms with Gasteiger partial charge >= 0.3 is 0 Å². The van der Waals surface area contributed by atoms with Crippen LogP contribution in [0.1, 0.15) is 66.7 Å². The Morgan fingerprint density at radius 2 is 1.09 bits per heavy atom. The molecule has 4 amide bonds. The van der Waals surface area contributed by atoms with Gasteiger partial charge in [-0.25, -0.2) is 38.7 Å². The second-order valence-electron chi connectivity index (χ2n) is 18.5. The van der Waals surface area contributed by atoms with Gasteiger partial charge < -0.3 is 25.3 Å². The van der Waals surface area contributed by atoms with Crippen LogP contribution in [-0.2, 0) is 45.5 Å². The summed E-state index contributed by atoms with van der Waals surface area (Å²) in [5.74, 6) is -1.36. The number of alkyl halides is 2. The average Bonchev–Trinajstić information content (AvgIpc) is 4.27. The molecule has 2 aliphatic rings. The van der Waals surface area contributed by atoms with E-state index in [0.29, 0.717) is 48.0 Å². The van der Waals surface area contributed by atoms with Crippen molar-refractivity contribution in [2.75, 3.05) is 30.4 Å². The number of likely N-dealkylation sites (N-methyl/N-ethyl adjacent to an activating group) is 1. The minimum Gasteiger partial charge on any atom is -0.388 e. The number of amides is 4. The summed E-state index contributed by atoms with van der Waals surface area (Å²) in [6.45, 7) is 1.18. The number of halogens is 4. The summed E-state index contributed by atoms with van der Waals surface area (Å²) in [5.41, 5.74) is 4.20. The lowest BCUT2D eigenvalue weighted by Gasteiger charge is -2.27. The van der Waals surface area contributed by atoms with Crippen molar-refractivity contribution in [3.05, 3.63) is 130 Å². The fraction of sp³-hybridized carbons (Fsp3) is 0.296. The number of pyridine rings is 2. The lowest BCUT2D eigenvalue weighted by atomic mass is 10.0. The van der Waals surface area contributed by atoms with Gasteiger partial charge in [0.05, 0.1) is 24.1 Å². The maximum absolute atomic E-state index is 14.6. The number of hydrogen-bond donors (Lipinski definition) is 3. The normalized spacial score (nSPS) is 16.5. The fourth-order valence-corrected chi connectivity index (χ4v) is 9.98. The Bertz CT molecular complexity index is 3670. The summed E-state index contributed by atoms with van der Waals surface area (Å²) in [7, 11) is 1.53. The van der Waals surface area contributed by atoms with E-state index in [0.717, 1.165) is 11.1 Å². The highest BCUT2D eigenvalue weighted by Gasteiger charge is 2.42. The Balaban J connectivity index is 0.000000228. The lowest BCUT2D eigenvalue weighted by Crippen LogP contribution is -2.47. The van der Waals surface area contributed by atoms with E-state index in [-0.39, 0.29) is 114 Å². The number of likely N-dealkylation sites (tertiary alicyclic amines) is 2. The molecule has 0 unspecified atom stereocenters. The van der Waals surface area contributed by atoms with Gasteiger partial charge in [0.25, 0.3) is 5.91 Å². The number of aliphatic hydroxyl groups excluding tert-OH is 2. The molecule has 0 radical (unpaired) electrons. The molecule has 81 heavy (non-hydrogen) atoms. The van der Waals surface area contributed by atoms with Crippen molar-refractivity contribution >= 4 is 114 Å². The molecular weight excluding hydrogens is 1200 g/mol. The van der Waals surface area contributed by atoms with Crippen molar-refractivity contribution in [3.8, 4) is 22.3 Å². The Morgan fingerprint density at radius 1 is 0.642 bits per heavy atom. The monoisotopic (exact) mass is 1250 g/mol. The van der Waals surface area contributed by atoms with Crippen LogP contribution in [0.5, 0.6) is 0 Å². The van der Waals surface area contributed by atoms with Gasteiger partial charge in [-0.15, -0.1) is 0 Å². The first-order chi connectivity index (χ1) is 37.9. The van der Waals surface area contributed by atoms with E-state index in [1.165, 1.54) is 45.0 Å². The topological polar surface area (TPSA) is 278 Å². The van der Waals surface area contributed by atoms with E-state index in [2.05, 4.69) is 77.3 Å². The Kier molecular flexibility index (Phi) is 19.6. The van der Waals surface area contributed by atoms with Gasteiger partial charge in [-0.05, 0) is 91.5 Å². The Labute approximate surface area is 485 Å². The first kappa shape index (κ1) is 60.8. The summed E-state index contributed by atoms with van der Waals surface area (Å²) in [6.07, 6.45) is 3.30. The Hall–Kier alpha value is -7.85. The van der Waals surface area contributed by atoms with Crippen LogP contribution in [0.15, 0.2) is 107 Å². The number of Topliss-reactive ketones (excluding diaryl/α,β-unsaturated/α-hetero) is 2. The molecule has 2 saturated heterocycles. The van der Waals surface area contributed by atoms with Crippen LogP contribution >= 0.6 is 45.4 Å². The SMILES string of the molecule is C.CC(=O)c1nn(CC(=O)N2C[C@H](F)C[C@H]2C(=O)N(C)c2cccc(Br)n2)c2ccc(-c3cnc(CO)nc3)cc12.CC(=O)c1nn(CC(=O)N2C[C@H](F)C[C@H]2C(=O)Nc2cccc(Br)n2)c2ccc(-c3cnc(CO)nc3)cc12.S. The van der Waals surface area contributed by atoms with Gasteiger partial charge in [0.15, 0.2) is 23.2 Å². The van der Waals surface area contributed by atoms with Crippen LogP contribution < -0.4 is 10.2 Å². The molecule has 22 nitrogen and oxygen atoms in total. The van der Waals surface area contributed by atoms with Gasteiger partial charge in [0.1, 0.15) is 83.0 Å². The molecule has 0 bridgehead atoms. The number of hydrogen-bond acceptors (Lipinski definition) is 16. The molecule has 8 aromatic rings. The number of carbonyl (C=O) groups is 6. The second-order valence-corrected chi connectivity index (χ2v) is 20.1. The standard InChI is InChI=1S/C27H25BrFN7O4.C26H23BrFN7O4.CH4.H2S/c1-15(38)26-19-8-16(17-10-30-23(14-37)31-11-17)6-7-20(19)36(33-26)13-25(39)35-12-18(29)9-21(35)27(40)34(2)24-5-3-4-22(28)32-24;1-14(37)25-18-7-15(16-9-29-23(13-36)30-10-16)5-6-19(18)35(33-25)12-24(38)34-11-17(28)8-20(34)26(39)32-22-4-2-3-21(27)31-22;;/h3-8,10-11,18,21,37H,9,12-14H2,1-2H3;2-7,9-10,17,20,36H,8,11-13H2,1H3,(H,31,32,39);1H4;1H2/t18-,21+;17-,20+;;/m11../s1. The quantitative estimate of drug-likeness (QED) is 0.0762. The maximum atomic E-state index is 14.6. The first-order valence-corrected chi connectivity index (χ1v) is 26.1. The molecule has 27 heteroatoms. The predicted octanol–water partition coefficient (Wildman–Crippen LogP) is 6.62. The minimum absolute atomic E-state index is 0. The summed E-state index contributed by atoms with van der Waals surface area (Å²) >= 11 is 6.51. The van der Waals surface area contributed by atoms with Gasteiger partial charge in [0.2, 0.25) is 17.7 Å². The van der Waals surface area contributed by atoms with Crippen molar-refractivity contribution < 1.29 is 47.8 Å². The molecule has 2 aromatic carbocycles. The fourth-order valence-electron chi connectivity index (χ4n) is 9.30. The van der Waals surface area contributed by atoms with Crippen LogP contribution in [0.25, 0.3) is 44.1 Å². The van der Waals surface area contributed by atoms with E-state index in [9.17, 15) is 47.8 Å². The van der Waals surface area contributed by atoms with Gasteiger partial charge in [-0.2, -0.15) is 23.7 Å². The van der Waals surface area contributed by atoms with Crippen LogP contribution in [0.3, 0.4) is 0 Å². The number of aromatic nitrogens is 10. The molecule has 6 aromatic heterocycles. The van der Waals surface area contributed by atoms with Crippen molar-refractivity contribution in [2.45, 2.75) is 84.8 Å². The number of ketones is 2. The first-order valence-electron chi connectivity index (χ1n) is 24.5. The van der Waals surface area contributed by atoms with E-state index < -0.39 is 48.1 Å². The number of rotatable bonds is 14. The summed E-state index contributed by atoms with van der Waals surface area (Å²) < 4.78 is 32.8. The van der Waals surface area contributed by atoms with Gasteiger partial charge in [0, 0.05) is 80.4 Å². The number of aliphatic hydroxyl groups is 2. The molecule has 8 heterocycles. The lowest BCUT2D eigenvalue weighted by molar-refractivity contribution is -0.138. The molecule has 0 saturated carbocycles. The van der Waals surface area contributed by atoms with Crippen LogP contribution in [0, 0.1) is 0 Å². The van der Waals surface area contributed by atoms with Crippen LogP contribution in [0.2, 0.25) is 0 Å². The maximum Gasteiger partial charge on any atom is 0.250 e. The van der Waals surface area contributed by atoms with Gasteiger partial charge in [-0.1, -0.05) is 31.7 Å². The zero-order valence-electron chi connectivity index (χ0n) is 42.9. The number of carbonyl (C=O) groups excluding carboxylic acids is 6. The second kappa shape index (κ2) is 26.2. The molecular formula is C54H54Br2F2N14O8S. The molecule has 2 fully saturated rings. The summed E-state index contributed by atoms with van der Waals surface area (Å²) in [4.78, 5) is 106. The minimum atomic E-state index is -1.36. The third-order valence-corrected chi connectivity index (χ3v) is 14.1. The Morgan fingerprint density at radius 3 is 1.53 bits per heavy atom. The van der Waals surface area contributed by atoms with Crippen molar-refractivity contribution in [1.29, 1.82) is 0 Å². The highest BCUT2D eigenvalue weighted by atomic mass is 79.9. The number of nitrogens with one attached hydrogen (secondary N) is 1. The third-order valence-electron chi connectivity index (χ3n) is 13.2. The molecule has 422 valence electrons. The average molecular weight is 1260 g/mol. The predicted molar refractivity (Wildman–Crippen MR) is 306 cm³/mol. The van der Waals surface area contributed by atoms with E-state index in [1.54, 1.807) is 97.6 Å². The van der Waals surface area contributed by atoms with Crippen molar-refractivity contribution in [2.24, 2.45) is 0 Å². The smallest absolute Gasteiger partial charge is 0.250 e. The zero-order valence-corrected chi connectivity index (χ0v) is 47.0. The van der Waals surface area contributed by atoms with Gasteiger partial charge in [-0.3, -0.25) is 43.0 Å².